The quantitative estimate of drug-likeness (QED) is 0.403. The van der Waals surface area contributed by atoms with E-state index in [1.54, 1.807) is 25.1 Å². The van der Waals surface area contributed by atoms with Crippen LogP contribution in [0.3, 0.4) is 0 Å². The van der Waals surface area contributed by atoms with E-state index in [-0.39, 0.29) is 18.5 Å². The number of nitrogens with zero attached hydrogens (tertiary/aromatic N) is 3. The van der Waals surface area contributed by atoms with Crippen molar-refractivity contribution in [1.82, 2.24) is 9.97 Å². The Hall–Kier alpha value is -3.74. The van der Waals surface area contributed by atoms with Gasteiger partial charge >= 0.3 is 5.97 Å². The maximum Gasteiger partial charge on any atom is 0.330 e. The van der Waals surface area contributed by atoms with E-state index in [1.165, 1.54) is 29.3 Å². The van der Waals surface area contributed by atoms with Crippen LogP contribution in [-0.4, -0.2) is 22.5 Å². The van der Waals surface area contributed by atoms with Crippen molar-refractivity contribution in [2.75, 3.05) is 16.8 Å². The first kappa shape index (κ1) is 22.5. The van der Waals surface area contributed by atoms with Crippen LogP contribution in [0.1, 0.15) is 42.3 Å². The van der Waals surface area contributed by atoms with Gasteiger partial charge in [0.2, 0.25) is 5.95 Å². The zero-order chi connectivity index (χ0) is 23.4. The number of rotatable bonds is 6. The number of ether oxygens (including phenoxy) is 1. The van der Waals surface area contributed by atoms with Gasteiger partial charge in [-0.2, -0.15) is 4.98 Å². The Bertz CT molecular complexity index is 1180. The number of esters is 1. The minimum absolute atomic E-state index is 0.0292. The SMILES string of the molecule is C/C=C/C(=O)OCc1nc(Nc2ccc(F)cc2)nc(N2CCc3ccccc3C2C)c1C. The van der Waals surface area contributed by atoms with E-state index in [4.69, 9.17) is 9.72 Å². The van der Waals surface area contributed by atoms with Crippen molar-refractivity contribution in [3.05, 3.63) is 88.9 Å². The Balaban J connectivity index is 1.70. The van der Waals surface area contributed by atoms with Crippen LogP contribution >= 0.6 is 0 Å². The summed E-state index contributed by atoms with van der Waals surface area (Å²) < 4.78 is 18.7. The molecule has 1 aliphatic heterocycles. The van der Waals surface area contributed by atoms with Crippen LogP contribution in [-0.2, 0) is 22.6 Å². The van der Waals surface area contributed by atoms with Crippen molar-refractivity contribution in [3.8, 4) is 0 Å². The lowest BCUT2D eigenvalue weighted by Gasteiger charge is -2.37. The van der Waals surface area contributed by atoms with Gasteiger partial charge in [0.05, 0.1) is 11.7 Å². The van der Waals surface area contributed by atoms with Crippen LogP contribution in [0.2, 0.25) is 0 Å². The van der Waals surface area contributed by atoms with Gasteiger partial charge < -0.3 is 15.0 Å². The van der Waals surface area contributed by atoms with Crippen LogP contribution in [0, 0.1) is 12.7 Å². The number of carbonyl (C=O) groups is 1. The molecule has 3 aromatic rings. The smallest absolute Gasteiger partial charge is 0.330 e. The van der Waals surface area contributed by atoms with E-state index in [2.05, 4.69) is 46.4 Å². The molecular weight excluding hydrogens is 419 g/mol. The maximum atomic E-state index is 13.3. The molecule has 0 amide bonds. The number of benzene rings is 2. The maximum absolute atomic E-state index is 13.3. The molecule has 170 valence electrons. The van der Waals surface area contributed by atoms with Crippen LogP contribution in [0.25, 0.3) is 0 Å². The Labute approximate surface area is 193 Å². The fourth-order valence-corrected chi connectivity index (χ4v) is 4.07. The highest BCUT2D eigenvalue weighted by Gasteiger charge is 2.27. The molecule has 0 fully saturated rings. The van der Waals surface area contributed by atoms with Crippen LogP contribution in [0.5, 0.6) is 0 Å². The summed E-state index contributed by atoms with van der Waals surface area (Å²) in [5.74, 6) is 0.410. The Morgan fingerprint density at radius 3 is 2.73 bits per heavy atom. The van der Waals surface area contributed by atoms with Crippen molar-refractivity contribution in [3.63, 3.8) is 0 Å². The number of hydrogen-bond donors (Lipinski definition) is 1. The second-order valence-corrected chi connectivity index (χ2v) is 8.00. The number of carbonyl (C=O) groups excluding carboxylic acids is 1. The van der Waals surface area contributed by atoms with E-state index >= 15 is 0 Å². The van der Waals surface area contributed by atoms with Crippen molar-refractivity contribution >= 4 is 23.4 Å². The second-order valence-electron chi connectivity index (χ2n) is 8.00. The van der Waals surface area contributed by atoms with Crippen LogP contribution < -0.4 is 10.2 Å². The summed E-state index contributed by atoms with van der Waals surface area (Å²) >= 11 is 0. The number of allylic oxidation sites excluding steroid dienone is 1. The highest BCUT2D eigenvalue weighted by Crippen LogP contribution is 2.35. The Morgan fingerprint density at radius 2 is 1.97 bits per heavy atom. The molecule has 2 aromatic carbocycles. The summed E-state index contributed by atoms with van der Waals surface area (Å²) in [6, 6.07) is 14.6. The number of halogens is 1. The molecule has 0 spiro atoms. The molecule has 1 atom stereocenters. The van der Waals surface area contributed by atoms with E-state index in [0.29, 0.717) is 17.3 Å². The third kappa shape index (κ3) is 5.03. The molecule has 0 saturated carbocycles. The molecule has 7 heteroatoms. The Kier molecular flexibility index (Phi) is 6.68. The summed E-state index contributed by atoms with van der Waals surface area (Å²) in [5.41, 5.74) is 4.77. The monoisotopic (exact) mass is 446 g/mol. The average Bonchev–Trinajstić information content (AvgIpc) is 2.81. The van der Waals surface area contributed by atoms with E-state index in [9.17, 15) is 9.18 Å². The molecular formula is C26H27FN4O2. The number of fused-ring (bicyclic) bond motifs is 1. The molecule has 4 rings (SSSR count). The first-order chi connectivity index (χ1) is 16.0. The van der Waals surface area contributed by atoms with Crippen molar-refractivity contribution in [2.45, 2.75) is 39.8 Å². The summed E-state index contributed by atoms with van der Waals surface area (Å²) in [6.07, 6.45) is 3.92. The average molecular weight is 447 g/mol. The predicted octanol–water partition coefficient (Wildman–Crippen LogP) is 5.41. The summed E-state index contributed by atoms with van der Waals surface area (Å²) in [5, 5.41) is 3.15. The van der Waals surface area contributed by atoms with Crippen LogP contribution in [0.15, 0.2) is 60.7 Å². The van der Waals surface area contributed by atoms with Gasteiger partial charge in [-0.25, -0.2) is 14.2 Å². The minimum Gasteiger partial charge on any atom is -0.456 e. The van der Waals surface area contributed by atoms with Crippen LogP contribution in [0.4, 0.5) is 21.8 Å². The second kappa shape index (κ2) is 9.81. The lowest BCUT2D eigenvalue weighted by atomic mass is 9.93. The molecule has 0 radical (unpaired) electrons. The molecule has 1 aliphatic rings. The Morgan fingerprint density at radius 1 is 1.21 bits per heavy atom. The van der Waals surface area contributed by atoms with E-state index in [0.717, 1.165) is 24.3 Å². The molecule has 1 unspecified atom stereocenters. The zero-order valence-electron chi connectivity index (χ0n) is 19.0. The molecule has 0 saturated heterocycles. The first-order valence-electron chi connectivity index (χ1n) is 11.0. The summed E-state index contributed by atoms with van der Waals surface area (Å²) in [4.78, 5) is 23.6. The highest BCUT2D eigenvalue weighted by atomic mass is 19.1. The third-order valence-electron chi connectivity index (χ3n) is 5.84. The van der Waals surface area contributed by atoms with Gasteiger partial charge in [-0.05, 0) is 62.6 Å². The molecule has 1 N–H and O–H groups in total. The minimum atomic E-state index is -0.426. The normalized spacial score (nSPS) is 15.4. The number of anilines is 3. The predicted molar refractivity (Wildman–Crippen MR) is 127 cm³/mol. The van der Waals surface area contributed by atoms with Crippen molar-refractivity contribution in [2.24, 2.45) is 0 Å². The molecule has 1 aromatic heterocycles. The fourth-order valence-electron chi connectivity index (χ4n) is 4.07. The lowest BCUT2D eigenvalue weighted by molar-refractivity contribution is -0.139. The fraction of sp³-hybridized carbons (Fsp3) is 0.269. The van der Waals surface area contributed by atoms with Gasteiger partial charge in [-0.3, -0.25) is 0 Å². The molecule has 0 aliphatic carbocycles. The number of aromatic nitrogens is 2. The van der Waals surface area contributed by atoms with Gasteiger partial charge in [0.15, 0.2) is 0 Å². The van der Waals surface area contributed by atoms with Crippen molar-refractivity contribution < 1.29 is 13.9 Å². The van der Waals surface area contributed by atoms with E-state index in [1.807, 2.05) is 6.92 Å². The number of hydrogen-bond acceptors (Lipinski definition) is 6. The molecule has 0 bridgehead atoms. The molecule has 33 heavy (non-hydrogen) atoms. The molecule has 2 heterocycles. The van der Waals surface area contributed by atoms with Crippen molar-refractivity contribution in [1.29, 1.82) is 0 Å². The van der Waals surface area contributed by atoms with Gasteiger partial charge in [0.1, 0.15) is 18.2 Å². The number of nitrogens with one attached hydrogen (secondary N) is 1. The highest BCUT2D eigenvalue weighted by molar-refractivity contribution is 5.81. The van der Waals surface area contributed by atoms with Gasteiger partial charge in [-0.15, -0.1) is 0 Å². The standard InChI is InChI=1S/C26H27FN4O2/c1-4-7-24(32)33-16-23-17(2)25(30-26(29-23)28-21-12-10-20(27)11-13-21)31-15-14-19-8-5-6-9-22(19)18(31)3/h4-13,18H,14-16H2,1-3H3,(H,28,29,30)/b7-4+. The third-order valence-corrected chi connectivity index (χ3v) is 5.84. The van der Waals surface area contributed by atoms with Gasteiger partial charge in [-0.1, -0.05) is 30.3 Å². The topological polar surface area (TPSA) is 67.3 Å². The van der Waals surface area contributed by atoms with E-state index < -0.39 is 5.97 Å². The van der Waals surface area contributed by atoms with Gasteiger partial charge in [0, 0.05) is 23.9 Å². The zero-order valence-corrected chi connectivity index (χ0v) is 19.0. The van der Waals surface area contributed by atoms with Gasteiger partial charge in [0.25, 0.3) is 0 Å². The summed E-state index contributed by atoms with van der Waals surface area (Å²) in [6.45, 7) is 6.71. The molecule has 6 nitrogen and oxygen atoms in total. The summed E-state index contributed by atoms with van der Waals surface area (Å²) in [7, 11) is 0. The first-order valence-corrected chi connectivity index (χ1v) is 11.0. The largest absolute Gasteiger partial charge is 0.456 e. The lowest BCUT2D eigenvalue weighted by Crippen LogP contribution is -2.35.